The second kappa shape index (κ2) is 5.30. The Kier molecular flexibility index (Phi) is 4.05. The van der Waals surface area contributed by atoms with Gasteiger partial charge in [-0.2, -0.15) is 5.26 Å². The van der Waals surface area contributed by atoms with Crippen LogP contribution in [0.1, 0.15) is 18.2 Å². The van der Waals surface area contributed by atoms with Crippen LogP contribution < -0.4 is 10.5 Å². The second-order valence-corrected chi connectivity index (χ2v) is 3.21. The quantitative estimate of drug-likeness (QED) is 0.661. The number of aromatic nitrogens is 1. The van der Waals surface area contributed by atoms with Gasteiger partial charge in [0.1, 0.15) is 6.10 Å². The molecule has 2 atom stereocenters. The predicted molar refractivity (Wildman–Crippen MR) is 56.4 cm³/mol. The van der Waals surface area contributed by atoms with E-state index in [0.717, 1.165) is 0 Å². The third-order valence-corrected chi connectivity index (χ3v) is 2.07. The smallest absolute Gasteiger partial charge is 0.237 e. The number of methoxy groups -OCH3 is 1. The number of anilines is 1. The minimum Gasteiger partial charge on any atom is -0.480 e. The summed E-state index contributed by atoms with van der Waals surface area (Å²) in [6, 6.07) is 4.76. The van der Waals surface area contributed by atoms with Crippen molar-refractivity contribution in [3.8, 4) is 11.9 Å². The highest BCUT2D eigenvalue weighted by atomic mass is 16.5. The largest absolute Gasteiger partial charge is 0.480 e. The molecule has 0 aliphatic rings. The van der Waals surface area contributed by atoms with E-state index in [0.29, 0.717) is 5.69 Å². The van der Waals surface area contributed by atoms with Gasteiger partial charge < -0.3 is 20.7 Å². The third-order valence-electron chi connectivity index (χ3n) is 2.07. The van der Waals surface area contributed by atoms with Crippen LogP contribution in [-0.4, -0.2) is 28.4 Å². The van der Waals surface area contributed by atoms with Crippen molar-refractivity contribution >= 4 is 5.69 Å². The summed E-state index contributed by atoms with van der Waals surface area (Å²) < 4.78 is 4.88. The number of rotatable bonds is 4. The van der Waals surface area contributed by atoms with Crippen molar-refractivity contribution in [2.24, 2.45) is 0 Å². The molecule has 6 heteroatoms. The molecule has 0 amide bonds. The normalized spacial score (nSPS) is 13.9. The number of aliphatic hydroxyl groups excluding tert-OH is 2. The van der Waals surface area contributed by atoms with E-state index in [4.69, 9.17) is 15.7 Å². The molecule has 0 aromatic carbocycles. The fraction of sp³-hybridized carbons (Fsp3) is 0.400. The average Bonchev–Trinajstić information content (AvgIpc) is 2.29. The highest BCUT2D eigenvalue weighted by molar-refractivity contribution is 5.48. The minimum atomic E-state index is -1.23. The van der Waals surface area contributed by atoms with Gasteiger partial charge in [0.2, 0.25) is 5.88 Å². The van der Waals surface area contributed by atoms with Gasteiger partial charge in [0.15, 0.2) is 0 Å². The van der Waals surface area contributed by atoms with Gasteiger partial charge in [0.25, 0.3) is 0 Å². The summed E-state index contributed by atoms with van der Waals surface area (Å²) in [6.07, 6.45) is -2.57. The van der Waals surface area contributed by atoms with Crippen LogP contribution in [0.3, 0.4) is 0 Å². The summed E-state index contributed by atoms with van der Waals surface area (Å²) in [7, 11) is 1.40. The zero-order valence-electron chi connectivity index (χ0n) is 8.79. The maximum atomic E-state index is 9.67. The summed E-state index contributed by atoms with van der Waals surface area (Å²) >= 11 is 0. The Balaban J connectivity index is 2.92. The predicted octanol–water partition coefficient (Wildman–Crippen LogP) is -0.0196. The molecule has 0 saturated heterocycles. The van der Waals surface area contributed by atoms with E-state index in [1.807, 2.05) is 0 Å². The van der Waals surface area contributed by atoms with Crippen LogP contribution >= 0.6 is 0 Å². The Morgan fingerprint density at radius 1 is 1.56 bits per heavy atom. The maximum Gasteiger partial charge on any atom is 0.237 e. The van der Waals surface area contributed by atoms with Gasteiger partial charge in [-0.3, -0.25) is 0 Å². The lowest BCUT2D eigenvalue weighted by Crippen LogP contribution is -2.18. The standard InChI is InChI=1S/C10H13N3O3/c1-16-10-6(12)2-3-7(13-10)9(15)8(14)4-5-11/h2-3,8-9,14-15H,4,12H2,1H3. The van der Waals surface area contributed by atoms with Crippen LogP contribution in [0.2, 0.25) is 0 Å². The van der Waals surface area contributed by atoms with E-state index in [-0.39, 0.29) is 18.0 Å². The second-order valence-electron chi connectivity index (χ2n) is 3.21. The van der Waals surface area contributed by atoms with Gasteiger partial charge in [-0.15, -0.1) is 0 Å². The molecular weight excluding hydrogens is 210 g/mol. The van der Waals surface area contributed by atoms with Crippen LogP contribution in [0.15, 0.2) is 12.1 Å². The molecule has 0 radical (unpaired) electrons. The molecule has 0 bridgehead atoms. The average molecular weight is 223 g/mol. The molecular formula is C10H13N3O3. The van der Waals surface area contributed by atoms with Crippen molar-refractivity contribution in [3.63, 3.8) is 0 Å². The van der Waals surface area contributed by atoms with E-state index in [1.54, 1.807) is 6.07 Å². The first kappa shape index (κ1) is 12.2. The summed E-state index contributed by atoms with van der Waals surface area (Å²) in [6.45, 7) is 0. The fourth-order valence-electron chi connectivity index (χ4n) is 1.20. The van der Waals surface area contributed by atoms with Crippen molar-refractivity contribution in [2.45, 2.75) is 18.6 Å². The Morgan fingerprint density at radius 2 is 2.25 bits per heavy atom. The first-order valence-corrected chi connectivity index (χ1v) is 4.63. The Morgan fingerprint density at radius 3 is 2.81 bits per heavy atom. The van der Waals surface area contributed by atoms with E-state index in [9.17, 15) is 10.2 Å². The van der Waals surface area contributed by atoms with Crippen LogP contribution in [0.25, 0.3) is 0 Å². The lowest BCUT2D eigenvalue weighted by Gasteiger charge is -2.15. The Labute approximate surface area is 92.9 Å². The fourth-order valence-corrected chi connectivity index (χ4v) is 1.20. The lowest BCUT2D eigenvalue weighted by atomic mass is 10.1. The highest BCUT2D eigenvalue weighted by Crippen LogP contribution is 2.23. The molecule has 0 aliphatic heterocycles. The number of pyridine rings is 1. The molecule has 0 aliphatic carbocycles. The lowest BCUT2D eigenvalue weighted by molar-refractivity contribution is 0.0188. The molecule has 1 aromatic rings. The number of nitrogen functional groups attached to an aromatic ring is 1. The first-order valence-electron chi connectivity index (χ1n) is 4.63. The zero-order valence-corrected chi connectivity index (χ0v) is 8.79. The number of nitriles is 1. The molecule has 6 nitrogen and oxygen atoms in total. The van der Waals surface area contributed by atoms with Gasteiger partial charge in [0.05, 0.1) is 37.1 Å². The molecule has 1 rings (SSSR count). The molecule has 2 unspecified atom stereocenters. The van der Waals surface area contributed by atoms with Crippen molar-refractivity contribution in [1.82, 2.24) is 4.98 Å². The van der Waals surface area contributed by atoms with Gasteiger partial charge in [-0.1, -0.05) is 0 Å². The number of ether oxygens (including phenoxy) is 1. The molecule has 16 heavy (non-hydrogen) atoms. The van der Waals surface area contributed by atoms with Crippen LogP contribution in [-0.2, 0) is 0 Å². The number of hydrogen-bond acceptors (Lipinski definition) is 6. The minimum absolute atomic E-state index is 0.171. The summed E-state index contributed by atoms with van der Waals surface area (Å²) in [5, 5.41) is 27.5. The van der Waals surface area contributed by atoms with E-state index in [2.05, 4.69) is 4.98 Å². The van der Waals surface area contributed by atoms with Gasteiger partial charge in [-0.25, -0.2) is 4.98 Å². The van der Waals surface area contributed by atoms with Crippen LogP contribution in [0.4, 0.5) is 5.69 Å². The molecule has 1 heterocycles. The molecule has 0 fully saturated rings. The molecule has 86 valence electrons. The molecule has 4 N–H and O–H groups in total. The van der Waals surface area contributed by atoms with Gasteiger partial charge >= 0.3 is 0 Å². The number of aliphatic hydroxyl groups is 2. The molecule has 1 aromatic heterocycles. The Bertz CT molecular complexity index is 403. The molecule has 0 spiro atoms. The number of nitrogens with zero attached hydrogens (tertiary/aromatic N) is 2. The topological polar surface area (TPSA) is 112 Å². The Hall–Kier alpha value is -1.84. The maximum absolute atomic E-state index is 9.67. The van der Waals surface area contributed by atoms with Gasteiger partial charge in [0, 0.05) is 0 Å². The monoisotopic (exact) mass is 223 g/mol. The van der Waals surface area contributed by atoms with Crippen LogP contribution in [0.5, 0.6) is 5.88 Å². The molecule has 0 saturated carbocycles. The van der Waals surface area contributed by atoms with Crippen LogP contribution in [0, 0.1) is 11.3 Å². The number of nitrogens with two attached hydrogens (primary N) is 1. The van der Waals surface area contributed by atoms with Crippen molar-refractivity contribution in [3.05, 3.63) is 17.8 Å². The van der Waals surface area contributed by atoms with E-state index < -0.39 is 12.2 Å². The van der Waals surface area contributed by atoms with Crippen molar-refractivity contribution in [2.75, 3.05) is 12.8 Å². The zero-order chi connectivity index (χ0) is 12.1. The summed E-state index contributed by atoms with van der Waals surface area (Å²) in [5.41, 5.74) is 6.11. The summed E-state index contributed by atoms with van der Waals surface area (Å²) in [5.74, 6) is 0.181. The van der Waals surface area contributed by atoms with Crippen molar-refractivity contribution in [1.29, 1.82) is 5.26 Å². The third kappa shape index (κ3) is 2.59. The van der Waals surface area contributed by atoms with E-state index >= 15 is 0 Å². The van der Waals surface area contributed by atoms with E-state index in [1.165, 1.54) is 19.2 Å². The SMILES string of the molecule is COc1nc(C(O)C(O)CC#N)ccc1N. The first-order chi connectivity index (χ1) is 7.60. The van der Waals surface area contributed by atoms with Gasteiger partial charge in [-0.05, 0) is 12.1 Å². The number of hydrogen-bond donors (Lipinski definition) is 3. The summed E-state index contributed by atoms with van der Waals surface area (Å²) in [4.78, 5) is 3.93. The van der Waals surface area contributed by atoms with Crippen molar-refractivity contribution < 1.29 is 14.9 Å². The highest BCUT2D eigenvalue weighted by Gasteiger charge is 2.20.